The smallest absolute Gasteiger partial charge is 0.254 e. The number of hydrogen-bond donors (Lipinski definition) is 2. The SMILES string of the molecule is CC(CNC(=O)Cc1cn2ccsc2n1)N(C)C(=O)c1ccc2c(c1)OCCN2. The van der Waals surface area contributed by atoms with Crippen LogP contribution in [0.5, 0.6) is 5.75 Å². The van der Waals surface area contributed by atoms with Crippen LogP contribution in [-0.4, -0.2) is 58.9 Å². The number of aromatic nitrogens is 2. The molecule has 2 aromatic heterocycles. The number of likely N-dealkylation sites (N-methyl/N-ethyl adjacent to an activating group) is 1. The monoisotopic (exact) mass is 413 g/mol. The molecule has 0 fully saturated rings. The summed E-state index contributed by atoms with van der Waals surface area (Å²) in [5, 5.41) is 8.08. The summed E-state index contributed by atoms with van der Waals surface area (Å²) < 4.78 is 7.51. The van der Waals surface area contributed by atoms with Crippen LogP contribution in [0.3, 0.4) is 0 Å². The highest BCUT2D eigenvalue weighted by atomic mass is 32.1. The minimum atomic E-state index is -0.160. The number of anilines is 1. The summed E-state index contributed by atoms with van der Waals surface area (Å²) in [6, 6.07) is 5.25. The van der Waals surface area contributed by atoms with Crippen molar-refractivity contribution in [2.75, 3.05) is 32.1 Å². The first-order valence-corrected chi connectivity index (χ1v) is 10.3. The first-order valence-electron chi connectivity index (χ1n) is 9.47. The average Bonchev–Trinajstić information content (AvgIpc) is 3.32. The summed E-state index contributed by atoms with van der Waals surface area (Å²) in [7, 11) is 1.74. The minimum absolute atomic E-state index is 0.113. The van der Waals surface area contributed by atoms with Crippen LogP contribution in [-0.2, 0) is 11.2 Å². The lowest BCUT2D eigenvalue weighted by atomic mass is 10.1. The minimum Gasteiger partial charge on any atom is -0.490 e. The van der Waals surface area contributed by atoms with E-state index in [4.69, 9.17) is 4.74 Å². The number of hydrogen-bond acceptors (Lipinski definition) is 6. The Morgan fingerprint density at radius 3 is 3.14 bits per heavy atom. The number of benzene rings is 1. The zero-order valence-corrected chi connectivity index (χ0v) is 17.2. The Morgan fingerprint density at radius 1 is 1.45 bits per heavy atom. The third kappa shape index (κ3) is 4.19. The van der Waals surface area contributed by atoms with Crippen LogP contribution in [0.2, 0.25) is 0 Å². The summed E-state index contributed by atoms with van der Waals surface area (Å²) in [4.78, 5) is 32.0. The fourth-order valence-corrected chi connectivity index (χ4v) is 3.88. The quantitative estimate of drug-likeness (QED) is 0.646. The van der Waals surface area contributed by atoms with Gasteiger partial charge in [0.2, 0.25) is 5.91 Å². The van der Waals surface area contributed by atoms with Crippen LogP contribution in [0.1, 0.15) is 23.0 Å². The summed E-state index contributed by atoms with van der Waals surface area (Å²) in [6.45, 7) is 3.61. The fraction of sp³-hybridized carbons (Fsp3) is 0.350. The summed E-state index contributed by atoms with van der Waals surface area (Å²) in [5.41, 5.74) is 2.19. The molecule has 1 aliphatic rings. The number of rotatable bonds is 6. The zero-order chi connectivity index (χ0) is 20.4. The van der Waals surface area contributed by atoms with Crippen molar-refractivity contribution in [3.05, 3.63) is 47.2 Å². The Morgan fingerprint density at radius 2 is 2.31 bits per heavy atom. The Labute approximate surface area is 172 Å². The highest BCUT2D eigenvalue weighted by Crippen LogP contribution is 2.28. The van der Waals surface area contributed by atoms with Gasteiger partial charge in [0.1, 0.15) is 12.4 Å². The van der Waals surface area contributed by atoms with Gasteiger partial charge in [0.25, 0.3) is 5.91 Å². The van der Waals surface area contributed by atoms with Crippen molar-refractivity contribution in [2.24, 2.45) is 0 Å². The molecule has 3 aromatic rings. The van der Waals surface area contributed by atoms with Gasteiger partial charge in [0, 0.05) is 49.5 Å². The predicted molar refractivity (Wildman–Crippen MR) is 112 cm³/mol. The number of amides is 2. The molecular formula is C20H23N5O3S. The normalized spacial score (nSPS) is 13.9. The molecule has 9 heteroatoms. The summed E-state index contributed by atoms with van der Waals surface area (Å²) in [5.74, 6) is 0.464. The fourth-order valence-electron chi connectivity index (χ4n) is 3.16. The molecule has 0 radical (unpaired) electrons. The van der Waals surface area contributed by atoms with Gasteiger partial charge in [-0.3, -0.25) is 14.0 Å². The highest BCUT2D eigenvalue weighted by molar-refractivity contribution is 7.15. The van der Waals surface area contributed by atoms with Crippen LogP contribution in [0.25, 0.3) is 4.96 Å². The van der Waals surface area contributed by atoms with Crippen LogP contribution in [0.15, 0.2) is 36.0 Å². The second-order valence-corrected chi connectivity index (χ2v) is 7.93. The molecule has 3 heterocycles. The summed E-state index contributed by atoms with van der Waals surface area (Å²) >= 11 is 1.53. The van der Waals surface area contributed by atoms with E-state index >= 15 is 0 Å². The lowest BCUT2D eigenvalue weighted by Gasteiger charge is -2.26. The number of imidazole rings is 1. The molecule has 1 unspecified atom stereocenters. The Balaban J connectivity index is 1.31. The van der Waals surface area contributed by atoms with Crippen molar-refractivity contribution in [1.82, 2.24) is 19.6 Å². The molecular weight excluding hydrogens is 390 g/mol. The van der Waals surface area contributed by atoms with Crippen molar-refractivity contribution < 1.29 is 14.3 Å². The number of carbonyl (C=O) groups is 2. The molecule has 8 nitrogen and oxygen atoms in total. The van der Waals surface area contributed by atoms with Gasteiger partial charge in [-0.2, -0.15) is 0 Å². The molecule has 0 saturated carbocycles. The van der Waals surface area contributed by atoms with E-state index in [2.05, 4.69) is 15.6 Å². The van der Waals surface area contributed by atoms with Crippen LogP contribution in [0, 0.1) is 0 Å². The Kier molecular flexibility index (Phi) is 5.39. The number of ether oxygens (including phenoxy) is 1. The molecule has 1 aromatic carbocycles. The Hall–Kier alpha value is -3.07. The van der Waals surface area contributed by atoms with Crippen molar-refractivity contribution in [3.8, 4) is 5.75 Å². The molecule has 0 spiro atoms. The summed E-state index contributed by atoms with van der Waals surface area (Å²) in [6.07, 6.45) is 3.99. The van der Waals surface area contributed by atoms with E-state index < -0.39 is 0 Å². The third-order valence-corrected chi connectivity index (χ3v) is 5.74. The molecule has 2 amide bonds. The van der Waals surface area contributed by atoms with Gasteiger partial charge in [-0.05, 0) is 25.1 Å². The largest absolute Gasteiger partial charge is 0.490 e. The van der Waals surface area contributed by atoms with Gasteiger partial charge in [0.15, 0.2) is 4.96 Å². The predicted octanol–water partition coefficient (Wildman–Crippen LogP) is 2.02. The molecule has 152 valence electrons. The maximum absolute atomic E-state index is 12.8. The number of thiazole rings is 1. The zero-order valence-electron chi connectivity index (χ0n) is 16.3. The van der Waals surface area contributed by atoms with Crippen molar-refractivity contribution in [1.29, 1.82) is 0 Å². The maximum Gasteiger partial charge on any atom is 0.254 e. The van der Waals surface area contributed by atoms with Gasteiger partial charge >= 0.3 is 0 Å². The van der Waals surface area contributed by atoms with Crippen LogP contribution in [0.4, 0.5) is 5.69 Å². The van der Waals surface area contributed by atoms with E-state index in [-0.39, 0.29) is 24.3 Å². The van der Waals surface area contributed by atoms with Crippen molar-refractivity contribution in [2.45, 2.75) is 19.4 Å². The topological polar surface area (TPSA) is 88.0 Å². The molecule has 4 rings (SSSR count). The van der Waals surface area contributed by atoms with Crippen LogP contribution >= 0.6 is 11.3 Å². The van der Waals surface area contributed by atoms with E-state index in [0.717, 1.165) is 22.9 Å². The Bertz CT molecular complexity index is 1020. The van der Waals surface area contributed by atoms with Gasteiger partial charge < -0.3 is 20.3 Å². The van der Waals surface area contributed by atoms with Gasteiger partial charge in [-0.1, -0.05) is 0 Å². The third-order valence-electron chi connectivity index (χ3n) is 4.96. The molecule has 0 aliphatic carbocycles. The van der Waals surface area contributed by atoms with Crippen LogP contribution < -0.4 is 15.4 Å². The number of nitrogens with one attached hydrogen (secondary N) is 2. The molecule has 0 bridgehead atoms. The van der Waals surface area contributed by atoms with E-state index in [1.165, 1.54) is 11.3 Å². The lowest BCUT2D eigenvalue weighted by molar-refractivity contribution is -0.120. The second-order valence-electron chi connectivity index (χ2n) is 7.06. The first-order chi connectivity index (χ1) is 14.0. The van der Waals surface area contributed by atoms with E-state index in [1.54, 1.807) is 24.1 Å². The lowest BCUT2D eigenvalue weighted by Crippen LogP contribution is -2.43. The van der Waals surface area contributed by atoms with E-state index in [0.29, 0.717) is 24.5 Å². The van der Waals surface area contributed by atoms with Crippen molar-refractivity contribution >= 4 is 33.8 Å². The molecule has 1 aliphatic heterocycles. The molecule has 0 saturated heterocycles. The molecule has 2 N–H and O–H groups in total. The highest BCUT2D eigenvalue weighted by Gasteiger charge is 2.20. The molecule has 1 atom stereocenters. The van der Waals surface area contributed by atoms with Gasteiger partial charge in [-0.25, -0.2) is 4.98 Å². The van der Waals surface area contributed by atoms with Gasteiger partial charge in [-0.15, -0.1) is 11.3 Å². The van der Waals surface area contributed by atoms with E-state index in [9.17, 15) is 9.59 Å². The number of carbonyl (C=O) groups excluding carboxylic acids is 2. The van der Waals surface area contributed by atoms with Gasteiger partial charge in [0.05, 0.1) is 17.8 Å². The van der Waals surface area contributed by atoms with E-state index in [1.807, 2.05) is 35.2 Å². The first kappa shape index (κ1) is 19.3. The second kappa shape index (κ2) is 8.12. The maximum atomic E-state index is 12.8. The average molecular weight is 414 g/mol. The molecule has 29 heavy (non-hydrogen) atoms. The van der Waals surface area contributed by atoms with Crippen molar-refractivity contribution in [3.63, 3.8) is 0 Å². The number of nitrogens with zero attached hydrogens (tertiary/aromatic N) is 3. The standard InChI is InChI=1S/C20H23N5O3S/c1-13(11-22-18(26)10-15-12-25-6-8-29-20(25)23-15)24(2)19(27)14-3-4-16-17(9-14)28-7-5-21-16/h3-4,6,8-9,12-13,21H,5,7,10-11H2,1-2H3,(H,22,26). The number of fused-ring (bicyclic) bond motifs is 2.